The fourth-order valence-corrected chi connectivity index (χ4v) is 4.31. The number of carbonyl (C=O) groups excluding carboxylic acids is 2. The summed E-state index contributed by atoms with van der Waals surface area (Å²) in [6.07, 6.45) is 6.20. The first-order valence-electron chi connectivity index (χ1n) is 10.8. The van der Waals surface area contributed by atoms with Crippen molar-refractivity contribution in [2.75, 3.05) is 13.2 Å². The molecule has 4 rings (SSSR count). The largest absolute Gasteiger partial charge is 0.484 e. The molecule has 1 N–H and O–H groups in total. The summed E-state index contributed by atoms with van der Waals surface area (Å²) in [6, 6.07) is 8.46. The number of benzene rings is 1. The quantitative estimate of drug-likeness (QED) is 0.788. The molecular formula is C22H29N5O3. The molecule has 2 atom stereocenters. The van der Waals surface area contributed by atoms with Gasteiger partial charge in [0.15, 0.2) is 12.4 Å². The lowest BCUT2D eigenvalue weighted by atomic mass is 10.2. The van der Waals surface area contributed by atoms with Crippen LogP contribution in [-0.2, 0) is 22.6 Å². The first-order valence-corrected chi connectivity index (χ1v) is 10.8. The smallest absolute Gasteiger partial charge is 0.258 e. The molecule has 0 bridgehead atoms. The van der Waals surface area contributed by atoms with E-state index in [4.69, 9.17) is 4.74 Å². The second-order valence-electron chi connectivity index (χ2n) is 8.02. The molecule has 2 aliphatic rings. The molecule has 8 nitrogen and oxygen atoms in total. The average molecular weight is 412 g/mol. The molecule has 0 spiro atoms. The van der Waals surface area contributed by atoms with Gasteiger partial charge in [-0.25, -0.2) is 0 Å². The number of aryl methyl sites for hydroxylation is 1. The van der Waals surface area contributed by atoms with Crippen LogP contribution in [0.25, 0.3) is 0 Å². The SMILES string of the molecule is C[C@@H](NC(=O)COc1ccccc1)C(=O)N1CCC[C@@H]1c1nnc2n1CCCCC2. The van der Waals surface area contributed by atoms with Gasteiger partial charge in [-0.2, -0.15) is 0 Å². The molecule has 3 heterocycles. The van der Waals surface area contributed by atoms with Crippen LogP contribution in [0.15, 0.2) is 30.3 Å². The molecular weight excluding hydrogens is 382 g/mol. The van der Waals surface area contributed by atoms with Crippen LogP contribution in [0.2, 0.25) is 0 Å². The molecule has 1 aromatic heterocycles. The van der Waals surface area contributed by atoms with Crippen molar-refractivity contribution in [2.45, 2.75) is 64.1 Å². The Morgan fingerprint density at radius 1 is 1.13 bits per heavy atom. The van der Waals surface area contributed by atoms with Crippen LogP contribution in [0, 0.1) is 0 Å². The summed E-state index contributed by atoms with van der Waals surface area (Å²) in [6.45, 7) is 3.19. The Balaban J connectivity index is 1.37. The first-order chi connectivity index (χ1) is 14.6. The van der Waals surface area contributed by atoms with Crippen molar-refractivity contribution in [3.63, 3.8) is 0 Å². The lowest BCUT2D eigenvalue weighted by molar-refractivity contribution is -0.137. The minimum Gasteiger partial charge on any atom is -0.484 e. The van der Waals surface area contributed by atoms with E-state index in [0.29, 0.717) is 12.3 Å². The standard InChI is InChI=1S/C22H29N5O3/c1-16(23-20(28)15-30-17-9-4-2-5-10-17)22(29)26-14-8-11-18(26)21-25-24-19-12-6-3-7-13-27(19)21/h2,4-5,9-10,16,18H,3,6-8,11-15H2,1H3,(H,23,28)/t16-,18-/m1/s1. The number of likely N-dealkylation sites (tertiary alicyclic amines) is 1. The van der Waals surface area contributed by atoms with Crippen LogP contribution >= 0.6 is 0 Å². The highest BCUT2D eigenvalue weighted by Crippen LogP contribution is 2.32. The molecule has 0 unspecified atom stereocenters. The van der Waals surface area contributed by atoms with Gasteiger partial charge in [0.05, 0.1) is 6.04 Å². The van der Waals surface area contributed by atoms with Crippen molar-refractivity contribution in [3.05, 3.63) is 42.0 Å². The van der Waals surface area contributed by atoms with Crippen molar-refractivity contribution in [2.24, 2.45) is 0 Å². The lowest BCUT2D eigenvalue weighted by Gasteiger charge is -2.27. The maximum absolute atomic E-state index is 13.1. The number of para-hydroxylation sites is 1. The first kappa shape index (κ1) is 20.4. The topological polar surface area (TPSA) is 89.3 Å². The number of hydrogen-bond donors (Lipinski definition) is 1. The molecule has 1 saturated heterocycles. The maximum Gasteiger partial charge on any atom is 0.258 e. The zero-order valence-electron chi connectivity index (χ0n) is 17.4. The van der Waals surface area contributed by atoms with E-state index in [1.54, 1.807) is 19.1 Å². The Labute approximate surface area is 176 Å². The number of aromatic nitrogens is 3. The fraction of sp³-hybridized carbons (Fsp3) is 0.545. The Hall–Kier alpha value is -2.90. The van der Waals surface area contributed by atoms with E-state index >= 15 is 0 Å². The summed E-state index contributed by atoms with van der Waals surface area (Å²) in [5.41, 5.74) is 0. The van der Waals surface area contributed by atoms with E-state index in [1.165, 1.54) is 6.42 Å². The van der Waals surface area contributed by atoms with Crippen LogP contribution in [-0.4, -0.2) is 50.7 Å². The van der Waals surface area contributed by atoms with E-state index in [-0.39, 0.29) is 24.5 Å². The van der Waals surface area contributed by atoms with Gasteiger partial charge in [0, 0.05) is 19.5 Å². The molecule has 0 aliphatic carbocycles. The van der Waals surface area contributed by atoms with E-state index in [9.17, 15) is 9.59 Å². The highest BCUT2D eigenvalue weighted by molar-refractivity contribution is 5.88. The minimum atomic E-state index is -0.621. The van der Waals surface area contributed by atoms with E-state index < -0.39 is 6.04 Å². The number of amides is 2. The van der Waals surface area contributed by atoms with Crippen molar-refractivity contribution < 1.29 is 14.3 Å². The predicted molar refractivity (Wildman–Crippen MR) is 111 cm³/mol. The van der Waals surface area contributed by atoms with Crippen LogP contribution < -0.4 is 10.1 Å². The van der Waals surface area contributed by atoms with Gasteiger partial charge in [-0.15, -0.1) is 10.2 Å². The Bertz CT molecular complexity index is 882. The zero-order valence-corrected chi connectivity index (χ0v) is 17.4. The summed E-state index contributed by atoms with van der Waals surface area (Å²) in [7, 11) is 0. The van der Waals surface area contributed by atoms with Crippen LogP contribution in [0.3, 0.4) is 0 Å². The van der Waals surface area contributed by atoms with Gasteiger partial charge >= 0.3 is 0 Å². The Kier molecular flexibility index (Phi) is 6.30. The van der Waals surface area contributed by atoms with E-state index in [2.05, 4.69) is 20.1 Å². The third-order valence-corrected chi connectivity index (χ3v) is 5.83. The summed E-state index contributed by atoms with van der Waals surface area (Å²) >= 11 is 0. The molecule has 1 aromatic carbocycles. The summed E-state index contributed by atoms with van der Waals surface area (Å²) < 4.78 is 7.68. The Morgan fingerprint density at radius 2 is 1.97 bits per heavy atom. The predicted octanol–water partition coefficient (Wildman–Crippen LogP) is 2.25. The molecule has 8 heteroatoms. The highest BCUT2D eigenvalue weighted by Gasteiger charge is 2.36. The molecule has 0 radical (unpaired) electrons. The highest BCUT2D eigenvalue weighted by atomic mass is 16.5. The number of rotatable bonds is 6. The van der Waals surface area contributed by atoms with Gasteiger partial charge < -0.3 is 19.5 Å². The van der Waals surface area contributed by atoms with Crippen molar-refractivity contribution in [1.29, 1.82) is 0 Å². The maximum atomic E-state index is 13.1. The summed E-state index contributed by atoms with van der Waals surface area (Å²) in [5, 5.41) is 11.6. The van der Waals surface area contributed by atoms with Crippen LogP contribution in [0.1, 0.15) is 56.7 Å². The van der Waals surface area contributed by atoms with Gasteiger partial charge in [-0.1, -0.05) is 24.6 Å². The number of ether oxygens (including phenoxy) is 1. The second kappa shape index (κ2) is 9.28. The zero-order chi connectivity index (χ0) is 20.9. The normalized spacial score (nSPS) is 19.6. The number of nitrogens with one attached hydrogen (secondary N) is 1. The molecule has 2 aliphatic heterocycles. The fourth-order valence-electron chi connectivity index (χ4n) is 4.31. The second-order valence-corrected chi connectivity index (χ2v) is 8.02. The van der Waals surface area contributed by atoms with Crippen molar-refractivity contribution in [1.82, 2.24) is 25.0 Å². The van der Waals surface area contributed by atoms with Crippen LogP contribution in [0.5, 0.6) is 5.75 Å². The average Bonchev–Trinajstić information content (AvgIpc) is 3.33. The van der Waals surface area contributed by atoms with Gasteiger partial charge in [-0.3, -0.25) is 9.59 Å². The summed E-state index contributed by atoms with van der Waals surface area (Å²) in [5.74, 6) is 2.15. The van der Waals surface area contributed by atoms with E-state index in [1.807, 2.05) is 23.1 Å². The minimum absolute atomic E-state index is 0.0724. The Morgan fingerprint density at radius 3 is 2.80 bits per heavy atom. The van der Waals surface area contributed by atoms with Gasteiger partial charge in [0.25, 0.3) is 5.91 Å². The molecule has 30 heavy (non-hydrogen) atoms. The third-order valence-electron chi connectivity index (χ3n) is 5.83. The van der Waals surface area contributed by atoms with Gasteiger partial charge in [-0.05, 0) is 44.7 Å². The molecule has 1 fully saturated rings. The van der Waals surface area contributed by atoms with Crippen LogP contribution in [0.4, 0.5) is 0 Å². The molecule has 160 valence electrons. The number of carbonyl (C=O) groups is 2. The van der Waals surface area contributed by atoms with Gasteiger partial charge in [0.1, 0.15) is 17.6 Å². The number of nitrogens with zero attached hydrogens (tertiary/aromatic N) is 4. The van der Waals surface area contributed by atoms with Gasteiger partial charge in [0.2, 0.25) is 5.91 Å². The monoisotopic (exact) mass is 411 g/mol. The van der Waals surface area contributed by atoms with Crippen molar-refractivity contribution >= 4 is 11.8 Å². The number of fused-ring (bicyclic) bond motifs is 1. The number of hydrogen-bond acceptors (Lipinski definition) is 5. The summed E-state index contributed by atoms with van der Waals surface area (Å²) in [4.78, 5) is 27.2. The van der Waals surface area contributed by atoms with Crippen molar-refractivity contribution in [3.8, 4) is 5.75 Å². The third kappa shape index (κ3) is 4.47. The molecule has 2 amide bonds. The lowest BCUT2D eigenvalue weighted by Crippen LogP contribution is -2.48. The van der Waals surface area contributed by atoms with E-state index in [0.717, 1.165) is 50.3 Å². The molecule has 0 saturated carbocycles. The molecule has 2 aromatic rings.